The first-order chi connectivity index (χ1) is 27.0. The van der Waals surface area contributed by atoms with Gasteiger partial charge in [0.15, 0.2) is 5.78 Å². The Morgan fingerprint density at radius 1 is 0.552 bits per heavy atom. The number of Topliss-reactive ketones (excluding diaryl/α,β-unsaturated/α-hetero) is 1. The fraction of sp³-hybridized carbons (Fsp3) is 0.512. The van der Waals surface area contributed by atoms with Gasteiger partial charge in [0, 0.05) is 12.8 Å². The number of carboxylic acids is 1. The first-order valence-corrected chi connectivity index (χ1v) is 18.9. The molecule has 2 aromatic carbocycles. The Bertz CT molecular complexity index is 1550. The van der Waals surface area contributed by atoms with Crippen molar-refractivity contribution in [3.63, 3.8) is 0 Å². The van der Waals surface area contributed by atoms with Gasteiger partial charge in [0.25, 0.3) is 0 Å². The second kappa shape index (κ2) is 24.6. The Morgan fingerprint density at radius 3 is 1.21 bits per heavy atom. The lowest BCUT2D eigenvalue weighted by molar-refractivity contribution is -0.142. The summed E-state index contributed by atoms with van der Waals surface area (Å²) >= 11 is 0. The molecule has 0 bridgehead atoms. The van der Waals surface area contributed by atoms with Gasteiger partial charge < -0.3 is 47.3 Å². The molecule has 0 aliphatic rings. The number of aryl methyl sites for hydroxylation is 2. The number of hydrogen-bond acceptors (Lipinski definition) is 10. The van der Waals surface area contributed by atoms with Crippen molar-refractivity contribution in [3.8, 4) is 0 Å². The number of nitrogens with one attached hydrogen (secondary N) is 4. The van der Waals surface area contributed by atoms with Crippen LogP contribution in [-0.4, -0.2) is 88.0 Å². The van der Waals surface area contributed by atoms with Crippen LogP contribution in [0.4, 0.5) is 9.59 Å². The van der Waals surface area contributed by atoms with Crippen molar-refractivity contribution in [2.24, 2.45) is 11.5 Å². The molecule has 58 heavy (non-hydrogen) atoms. The van der Waals surface area contributed by atoms with Crippen molar-refractivity contribution in [1.29, 1.82) is 0 Å². The summed E-state index contributed by atoms with van der Waals surface area (Å²) in [5, 5.41) is 19.3. The van der Waals surface area contributed by atoms with Crippen LogP contribution in [0.2, 0.25) is 0 Å². The van der Waals surface area contributed by atoms with E-state index < -0.39 is 77.2 Å². The van der Waals surface area contributed by atoms with E-state index in [1.54, 1.807) is 41.5 Å². The summed E-state index contributed by atoms with van der Waals surface area (Å²) in [6.45, 7) is 11.6. The maximum absolute atomic E-state index is 12.8. The number of ketones is 1. The predicted octanol–water partition coefficient (Wildman–Crippen LogP) is 3.20. The highest BCUT2D eigenvalue weighted by molar-refractivity contribution is 5.92. The van der Waals surface area contributed by atoms with Crippen molar-refractivity contribution in [1.82, 2.24) is 21.3 Å². The van der Waals surface area contributed by atoms with Crippen LogP contribution in [-0.2, 0) is 51.1 Å². The van der Waals surface area contributed by atoms with Crippen LogP contribution in [0.25, 0.3) is 0 Å². The first-order valence-electron chi connectivity index (χ1n) is 18.9. The smallest absolute Gasteiger partial charge is 0.408 e. The average Bonchev–Trinajstić information content (AvgIpc) is 3.11. The fourth-order valence-corrected chi connectivity index (χ4v) is 5.10. The molecule has 2 aromatic rings. The maximum Gasteiger partial charge on any atom is 0.408 e. The number of hydrogen-bond donors (Lipinski definition) is 7. The molecule has 0 aliphatic heterocycles. The van der Waals surface area contributed by atoms with E-state index in [0.29, 0.717) is 19.3 Å². The third-order valence-electron chi connectivity index (χ3n) is 7.92. The predicted molar refractivity (Wildman–Crippen MR) is 215 cm³/mol. The Kier molecular flexibility index (Phi) is 21.2. The SMILES string of the molecule is CC(=O)[C@H](CCC(N)=O)NC(=O)[C@@H](CCc1ccccc1)NC(=O)OC(C)(C)C.CC(C)(C)OC(=O)N[C@H](CCc1ccccc1)C(=O)N[C@@H](CCC(N)=O)C(=O)O. The molecule has 4 atom stereocenters. The third-order valence-corrected chi connectivity index (χ3v) is 7.92. The monoisotopic (exact) mass is 812 g/mol. The summed E-state index contributed by atoms with van der Waals surface area (Å²) in [5.74, 6) is -4.01. The topological polar surface area (TPSA) is 275 Å². The summed E-state index contributed by atoms with van der Waals surface area (Å²) < 4.78 is 10.4. The molecule has 17 heteroatoms. The number of alkyl carbamates (subject to hydrolysis) is 2. The molecule has 0 spiro atoms. The van der Waals surface area contributed by atoms with Gasteiger partial charge in [-0.05, 0) is 98.1 Å². The van der Waals surface area contributed by atoms with Crippen molar-refractivity contribution in [2.75, 3.05) is 0 Å². The number of amides is 6. The molecule has 0 heterocycles. The number of aliphatic carboxylic acids is 1. The summed E-state index contributed by atoms with van der Waals surface area (Å²) in [6, 6.07) is 14.8. The number of primary amides is 2. The zero-order chi connectivity index (χ0) is 44.1. The van der Waals surface area contributed by atoms with Crippen molar-refractivity contribution in [3.05, 3.63) is 71.8 Å². The van der Waals surface area contributed by atoms with Crippen LogP contribution in [0.1, 0.15) is 98.1 Å². The fourth-order valence-electron chi connectivity index (χ4n) is 5.10. The highest BCUT2D eigenvalue weighted by Gasteiger charge is 2.29. The van der Waals surface area contributed by atoms with Gasteiger partial charge in [0.1, 0.15) is 29.3 Å². The van der Waals surface area contributed by atoms with E-state index in [4.69, 9.17) is 20.9 Å². The number of rotatable bonds is 20. The quantitative estimate of drug-likeness (QED) is 0.102. The van der Waals surface area contributed by atoms with Crippen molar-refractivity contribution in [2.45, 2.75) is 135 Å². The summed E-state index contributed by atoms with van der Waals surface area (Å²) in [7, 11) is 0. The van der Waals surface area contributed by atoms with E-state index in [0.717, 1.165) is 11.1 Å². The zero-order valence-corrected chi connectivity index (χ0v) is 34.4. The van der Waals surface area contributed by atoms with E-state index in [9.17, 15) is 43.5 Å². The number of carbonyl (C=O) groups excluding carboxylic acids is 7. The molecule has 0 radical (unpaired) electrons. The van der Waals surface area contributed by atoms with Gasteiger partial charge in [0.05, 0.1) is 6.04 Å². The van der Waals surface area contributed by atoms with Crippen LogP contribution in [0, 0.1) is 0 Å². The van der Waals surface area contributed by atoms with Gasteiger partial charge in [-0.2, -0.15) is 0 Å². The standard InChI is InChI=1S/C21H31N3O5.C20H29N3O6/c1-14(25)16(12-13-18(22)26)23-19(27)17(24-20(28)29-21(2,3)4)11-10-15-8-6-5-7-9-15;1-20(2,3)29-19(28)23-14(10-9-13-7-5-4-6-8-13)17(25)22-15(18(26)27)11-12-16(21)24/h5-9,16-17H,10-13H2,1-4H3,(H2,22,26)(H,23,27)(H,24,28);4-8,14-15H,9-12H2,1-3H3,(H2,21,24)(H,22,25)(H,23,28)(H,26,27)/t16-,17+;14-,15+/m01/s1. The van der Waals surface area contributed by atoms with Crippen LogP contribution >= 0.6 is 0 Å². The van der Waals surface area contributed by atoms with Gasteiger partial charge in [-0.15, -0.1) is 0 Å². The van der Waals surface area contributed by atoms with Gasteiger partial charge in [-0.25, -0.2) is 14.4 Å². The van der Waals surface area contributed by atoms with E-state index in [1.165, 1.54) is 6.92 Å². The van der Waals surface area contributed by atoms with Crippen LogP contribution in [0.3, 0.4) is 0 Å². The molecule has 0 saturated heterocycles. The lowest BCUT2D eigenvalue weighted by Gasteiger charge is -2.25. The highest BCUT2D eigenvalue weighted by atomic mass is 16.6. The second-order valence-electron chi connectivity index (χ2n) is 15.5. The molecular weight excluding hydrogens is 752 g/mol. The van der Waals surface area contributed by atoms with Crippen LogP contribution in [0.5, 0.6) is 0 Å². The van der Waals surface area contributed by atoms with E-state index in [-0.39, 0.29) is 37.9 Å². The highest BCUT2D eigenvalue weighted by Crippen LogP contribution is 2.12. The normalized spacial score (nSPS) is 13.1. The Labute approximate surface area is 339 Å². The Morgan fingerprint density at radius 2 is 0.897 bits per heavy atom. The molecule has 9 N–H and O–H groups in total. The lowest BCUT2D eigenvalue weighted by atomic mass is 10.0. The van der Waals surface area contributed by atoms with E-state index >= 15 is 0 Å². The minimum Gasteiger partial charge on any atom is -0.480 e. The van der Waals surface area contributed by atoms with E-state index in [2.05, 4.69) is 21.3 Å². The van der Waals surface area contributed by atoms with Gasteiger partial charge in [-0.3, -0.25) is 24.0 Å². The molecule has 320 valence electrons. The molecule has 0 aliphatic carbocycles. The average molecular weight is 813 g/mol. The third kappa shape index (κ3) is 23.2. The first kappa shape index (κ1) is 50.0. The Hall–Kier alpha value is -6.00. The molecule has 2 rings (SSSR count). The molecular formula is C41H60N6O11. The molecule has 0 saturated carbocycles. The van der Waals surface area contributed by atoms with Gasteiger partial charge in [-0.1, -0.05) is 60.7 Å². The summed E-state index contributed by atoms with van der Waals surface area (Å²) in [5.41, 5.74) is 10.7. The maximum atomic E-state index is 12.8. The Balaban J connectivity index is 0.000000580. The van der Waals surface area contributed by atoms with Crippen molar-refractivity contribution >= 4 is 47.6 Å². The number of benzene rings is 2. The van der Waals surface area contributed by atoms with Crippen molar-refractivity contribution < 1.29 is 52.9 Å². The van der Waals surface area contributed by atoms with E-state index in [1.807, 2.05) is 60.7 Å². The second-order valence-corrected chi connectivity index (χ2v) is 15.5. The number of carbonyl (C=O) groups is 8. The number of carboxylic acid groups (broad SMARTS) is 1. The van der Waals surface area contributed by atoms with Gasteiger partial charge in [0.2, 0.25) is 23.6 Å². The summed E-state index contributed by atoms with van der Waals surface area (Å²) in [6.07, 6.45) is -0.189. The van der Waals surface area contributed by atoms with Crippen LogP contribution < -0.4 is 32.7 Å². The molecule has 6 amide bonds. The largest absolute Gasteiger partial charge is 0.480 e. The van der Waals surface area contributed by atoms with Gasteiger partial charge >= 0.3 is 18.2 Å². The molecule has 0 unspecified atom stereocenters. The summed E-state index contributed by atoms with van der Waals surface area (Å²) in [4.78, 5) is 94.9. The van der Waals surface area contributed by atoms with Crippen LogP contribution in [0.15, 0.2) is 60.7 Å². The molecule has 0 aromatic heterocycles. The minimum absolute atomic E-state index is 0.0291. The zero-order valence-electron chi connectivity index (χ0n) is 34.4. The minimum atomic E-state index is -1.30. The number of ether oxygens (including phenoxy) is 2. The molecule has 0 fully saturated rings. The number of nitrogens with two attached hydrogens (primary N) is 2. The lowest BCUT2D eigenvalue weighted by Crippen LogP contribution is -2.52. The molecule has 17 nitrogen and oxygen atoms in total.